The van der Waals surface area contributed by atoms with Gasteiger partial charge in [0.2, 0.25) is 0 Å². The molecule has 1 aromatic rings. The maximum Gasteiger partial charge on any atom is 0.305 e. The van der Waals surface area contributed by atoms with E-state index in [0.717, 1.165) is 0 Å². The van der Waals surface area contributed by atoms with E-state index in [9.17, 15) is 0 Å². The van der Waals surface area contributed by atoms with Crippen molar-refractivity contribution in [1.82, 2.24) is 4.98 Å². The molecule has 0 N–H and O–H groups in total. The van der Waals surface area contributed by atoms with Gasteiger partial charge in [-0.05, 0) is 6.92 Å². The first-order valence-corrected chi connectivity index (χ1v) is 2.38. The average Bonchev–Trinajstić information content (AvgIpc) is 2.19. The monoisotopic (exact) mass is 112 g/mol. The van der Waals surface area contributed by atoms with Crippen LogP contribution < -0.4 is 4.74 Å². The summed E-state index contributed by atoms with van der Waals surface area (Å²) >= 11 is 0. The molecule has 0 aliphatic rings. The normalized spacial score (nSPS) is 9.12. The van der Waals surface area contributed by atoms with Crippen LogP contribution in [0.2, 0.25) is 0 Å². The van der Waals surface area contributed by atoms with Crippen molar-refractivity contribution in [2.75, 3.05) is 6.61 Å². The van der Waals surface area contributed by atoms with E-state index in [1.54, 1.807) is 0 Å². The average molecular weight is 112 g/mol. The predicted octanol–water partition coefficient (Wildman–Crippen LogP) is 0.873. The van der Waals surface area contributed by atoms with Gasteiger partial charge >= 0.3 is 5.95 Å². The molecule has 8 heavy (non-hydrogen) atoms. The van der Waals surface area contributed by atoms with E-state index in [-0.39, 0.29) is 0 Å². The maximum atomic E-state index is 4.89. The van der Waals surface area contributed by atoms with Crippen LogP contribution in [0.3, 0.4) is 0 Å². The molecule has 1 rings (SSSR count). The van der Waals surface area contributed by atoms with Gasteiger partial charge in [0.05, 0.1) is 6.61 Å². The van der Waals surface area contributed by atoms with Crippen LogP contribution >= 0.6 is 0 Å². The van der Waals surface area contributed by atoms with Crippen molar-refractivity contribution in [3.8, 4) is 5.95 Å². The highest BCUT2D eigenvalue weighted by Gasteiger charge is 1.91. The number of hydrogen-bond donors (Lipinski definition) is 0. The van der Waals surface area contributed by atoms with Gasteiger partial charge in [0.1, 0.15) is 6.20 Å². The second-order valence-corrected chi connectivity index (χ2v) is 1.20. The van der Waals surface area contributed by atoms with Crippen molar-refractivity contribution in [2.24, 2.45) is 0 Å². The third-order valence-corrected chi connectivity index (χ3v) is 0.655. The molecule has 3 nitrogen and oxygen atoms in total. The highest BCUT2D eigenvalue weighted by Crippen LogP contribution is 2.04. The number of nitrogens with zero attached hydrogens (tertiary/aromatic N) is 1. The van der Waals surface area contributed by atoms with Crippen molar-refractivity contribution in [3.05, 3.63) is 12.6 Å². The Morgan fingerprint density at radius 2 is 2.88 bits per heavy atom. The van der Waals surface area contributed by atoms with Crippen LogP contribution in [0.25, 0.3) is 0 Å². The first-order chi connectivity index (χ1) is 3.93. The van der Waals surface area contributed by atoms with Gasteiger partial charge in [-0.3, -0.25) is 0 Å². The second kappa shape index (κ2) is 2.35. The van der Waals surface area contributed by atoms with Crippen molar-refractivity contribution in [2.45, 2.75) is 6.92 Å². The number of ether oxygens (including phenoxy) is 1. The van der Waals surface area contributed by atoms with E-state index in [2.05, 4.69) is 15.8 Å². The van der Waals surface area contributed by atoms with Crippen LogP contribution in [0.1, 0.15) is 6.92 Å². The Morgan fingerprint density at radius 1 is 2.00 bits per heavy atom. The minimum Gasteiger partial charge on any atom is -0.464 e. The zero-order valence-corrected chi connectivity index (χ0v) is 4.55. The standard InChI is InChI=1S/C5H6NO2/c1-2-7-5-3-6-4-8-5/h3H,2H2,1H3. The molecule has 0 bridgehead atoms. The number of rotatable bonds is 2. The van der Waals surface area contributed by atoms with E-state index in [4.69, 9.17) is 4.74 Å². The van der Waals surface area contributed by atoms with Crippen molar-refractivity contribution in [1.29, 1.82) is 0 Å². The van der Waals surface area contributed by atoms with Crippen molar-refractivity contribution in [3.63, 3.8) is 0 Å². The van der Waals surface area contributed by atoms with Crippen LogP contribution in [-0.2, 0) is 0 Å². The molecule has 3 heteroatoms. The van der Waals surface area contributed by atoms with E-state index >= 15 is 0 Å². The lowest BCUT2D eigenvalue weighted by Crippen LogP contribution is -1.87. The highest BCUT2D eigenvalue weighted by atomic mass is 16.6. The van der Waals surface area contributed by atoms with Gasteiger partial charge in [0.15, 0.2) is 0 Å². The lowest BCUT2D eigenvalue weighted by atomic mass is 10.8. The van der Waals surface area contributed by atoms with E-state index < -0.39 is 0 Å². The van der Waals surface area contributed by atoms with E-state index in [1.807, 2.05) is 6.92 Å². The molecule has 0 aromatic carbocycles. The first kappa shape index (κ1) is 5.15. The third-order valence-electron chi connectivity index (χ3n) is 0.655. The Morgan fingerprint density at radius 3 is 3.38 bits per heavy atom. The molecule has 0 unspecified atom stereocenters. The molecule has 0 aliphatic carbocycles. The van der Waals surface area contributed by atoms with Crippen LogP contribution in [-0.4, -0.2) is 11.6 Å². The molecule has 0 amide bonds. The Hall–Kier alpha value is -0.990. The summed E-state index contributed by atoms with van der Waals surface area (Å²) in [4.78, 5) is 3.52. The number of hydrogen-bond acceptors (Lipinski definition) is 3. The summed E-state index contributed by atoms with van der Waals surface area (Å²) in [6.07, 6.45) is 3.74. The third kappa shape index (κ3) is 0.992. The minimum absolute atomic E-state index is 0.424. The molecule has 0 saturated heterocycles. The van der Waals surface area contributed by atoms with Crippen LogP contribution in [0.4, 0.5) is 0 Å². The summed E-state index contributed by atoms with van der Waals surface area (Å²) in [5, 5.41) is 0. The summed E-state index contributed by atoms with van der Waals surface area (Å²) in [5.41, 5.74) is 0. The van der Waals surface area contributed by atoms with Gasteiger partial charge in [-0.2, -0.15) is 0 Å². The SMILES string of the molecule is CCOc1cn[c]o1. The van der Waals surface area contributed by atoms with Crippen LogP contribution in [0, 0.1) is 6.39 Å². The molecule has 1 aromatic heterocycles. The van der Waals surface area contributed by atoms with Crippen molar-refractivity contribution >= 4 is 0 Å². The largest absolute Gasteiger partial charge is 0.464 e. The van der Waals surface area contributed by atoms with Gasteiger partial charge < -0.3 is 9.15 Å². The Labute approximate surface area is 47.3 Å². The fourth-order valence-corrected chi connectivity index (χ4v) is 0.386. The summed E-state index contributed by atoms with van der Waals surface area (Å²) in [5.74, 6) is 0.424. The van der Waals surface area contributed by atoms with E-state index in [0.29, 0.717) is 12.6 Å². The molecule has 0 aliphatic heterocycles. The summed E-state index contributed by atoms with van der Waals surface area (Å²) in [6.45, 7) is 2.48. The smallest absolute Gasteiger partial charge is 0.305 e. The maximum absolute atomic E-state index is 4.89. The Kier molecular flexibility index (Phi) is 1.51. The summed E-state index contributed by atoms with van der Waals surface area (Å²) < 4.78 is 9.50. The van der Waals surface area contributed by atoms with Crippen molar-refractivity contribution < 1.29 is 9.15 Å². The quantitative estimate of drug-likeness (QED) is 0.569. The van der Waals surface area contributed by atoms with Gasteiger partial charge in [0, 0.05) is 0 Å². The molecule has 1 heterocycles. The van der Waals surface area contributed by atoms with Gasteiger partial charge in [0.25, 0.3) is 6.39 Å². The van der Waals surface area contributed by atoms with Gasteiger partial charge in [-0.25, -0.2) is 4.98 Å². The topological polar surface area (TPSA) is 35.3 Å². The molecule has 43 valence electrons. The second-order valence-electron chi connectivity index (χ2n) is 1.20. The van der Waals surface area contributed by atoms with Crippen LogP contribution in [0.15, 0.2) is 10.6 Å². The van der Waals surface area contributed by atoms with Crippen LogP contribution in [0.5, 0.6) is 5.95 Å². The first-order valence-electron chi connectivity index (χ1n) is 2.38. The molecule has 0 atom stereocenters. The molecule has 0 saturated carbocycles. The molecule has 0 spiro atoms. The lowest BCUT2D eigenvalue weighted by molar-refractivity contribution is 0.256. The molecule has 0 fully saturated rings. The Bertz CT molecular complexity index is 136. The molecular formula is C5H6NO2. The fourth-order valence-electron chi connectivity index (χ4n) is 0.386. The number of aromatic nitrogens is 1. The Balaban J connectivity index is 2.50. The fraction of sp³-hybridized carbons (Fsp3) is 0.400. The minimum atomic E-state index is 0.424. The molecular weight excluding hydrogens is 106 g/mol. The predicted molar refractivity (Wildman–Crippen MR) is 26.5 cm³/mol. The number of oxazole rings is 1. The highest BCUT2D eigenvalue weighted by molar-refractivity contribution is 4.93. The zero-order chi connectivity index (χ0) is 5.82. The molecule has 1 radical (unpaired) electrons. The van der Waals surface area contributed by atoms with Gasteiger partial charge in [-0.15, -0.1) is 0 Å². The summed E-state index contributed by atoms with van der Waals surface area (Å²) in [7, 11) is 0. The summed E-state index contributed by atoms with van der Waals surface area (Å²) in [6, 6.07) is 0. The van der Waals surface area contributed by atoms with E-state index in [1.165, 1.54) is 6.20 Å². The zero-order valence-electron chi connectivity index (χ0n) is 4.55. The lowest BCUT2D eigenvalue weighted by Gasteiger charge is -1.91. The van der Waals surface area contributed by atoms with Gasteiger partial charge in [-0.1, -0.05) is 0 Å².